The van der Waals surface area contributed by atoms with Gasteiger partial charge in [0, 0.05) is 35.5 Å². The zero-order chi connectivity index (χ0) is 11.6. The molecule has 1 aliphatic heterocycles. The average molecular weight is 231 g/mol. The van der Waals surface area contributed by atoms with E-state index >= 15 is 0 Å². The highest BCUT2D eigenvalue weighted by atomic mass is 32.2. The van der Waals surface area contributed by atoms with E-state index in [1.165, 1.54) is 0 Å². The third kappa shape index (κ3) is 3.97. The van der Waals surface area contributed by atoms with Gasteiger partial charge in [-0.25, -0.2) is 0 Å². The van der Waals surface area contributed by atoms with E-state index in [0.717, 1.165) is 30.1 Å². The van der Waals surface area contributed by atoms with Crippen LogP contribution in [0.2, 0.25) is 0 Å². The Balaban J connectivity index is 2.50. The highest BCUT2D eigenvalue weighted by Gasteiger charge is 2.30. The number of aliphatic hydroxyl groups is 1. The van der Waals surface area contributed by atoms with Crippen molar-refractivity contribution in [1.29, 1.82) is 0 Å². The topological polar surface area (TPSA) is 23.5 Å². The summed E-state index contributed by atoms with van der Waals surface area (Å²) in [6.07, 6.45) is -0.238. The van der Waals surface area contributed by atoms with Crippen LogP contribution < -0.4 is 0 Å². The molecule has 3 heteroatoms. The largest absolute Gasteiger partial charge is 0.393 e. The number of hydrogen-bond donors (Lipinski definition) is 1. The fourth-order valence-electron chi connectivity index (χ4n) is 2.12. The standard InChI is InChI=1S/C12H25NOS/c1-9-6-13(7-10(2)15-9)8-12(4,5)11(3)14/h9-11,14H,6-8H2,1-5H3. The van der Waals surface area contributed by atoms with Crippen LogP contribution in [0.4, 0.5) is 0 Å². The van der Waals surface area contributed by atoms with E-state index in [1.54, 1.807) is 0 Å². The van der Waals surface area contributed by atoms with Gasteiger partial charge in [0.15, 0.2) is 0 Å². The molecule has 3 unspecified atom stereocenters. The van der Waals surface area contributed by atoms with Gasteiger partial charge in [0.1, 0.15) is 0 Å². The maximum Gasteiger partial charge on any atom is 0.0575 e. The molecule has 1 rings (SSSR count). The molecule has 0 spiro atoms. The second kappa shape index (κ2) is 5.07. The van der Waals surface area contributed by atoms with Gasteiger partial charge < -0.3 is 10.0 Å². The van der Waals surface area contributed by atoms with Crippen LogP contribution in [-0.4, -0.2) is 46.2 Å². The van der Waals surface area contributed by atoms with Crippen molar-refractivity contribution in [3.63, 3.8) is 0 Å². The van der Waals surface area contributed by atoms with Crippen LogP contribution >= 0.6 is 11.8 Å². The first-order valence-corrected chi connectivity index (χ1v) is 6.81. The van der Waals surface area contributed by atoms with Crippen molar-refractivity contribution in [2.45, 2.75) is 51.2 Å². The lowest BCUT2D eigenvalue weighted by Crippen LogP contribution is -2.47. The molecule has 3 atom stereocenters. The van der Waals surface area contributed by atoms with Crippen molar-refractivity contribution < 1.29 is 5.11 Å². The summed E-state index contributed by atoms with van der Waals surface area (Å²) >= 11 is 2.08. The first kappa shape index (κ1) is 13.3. The molecule has 2 nitrogen and oxygen atoms in total. The summed E-state index contributed by atoms with van der Waals surface area (Å²) in [7, 11) is 0. The molecule has 15 heavy (non-hydrogen) atoms. The van der Waals surface area contributed by atoms with Crippen molar-refractivity contribution in [1.82, 2.24) is 4.90 Å². The Kier molecular flexibility index (Phi) is 4.50. The van der Waals surface area contributed by atoms with Gasteiger partial charge in [0.25, 0.3) is 0 Å². The Morgan fingerprint density at radius 3 is 2.20 bits per heavy atom. The molecule has 1 N–H and O–H groups in total. The molecule has 0 aromatic carbocycles. The molecule has 0 aliphatic carbocycles. The lowest BCUT2D eigenvalue weighted by molar-refractivity contribution is 0.0341. The fourth-order valence-corrected chi connectivity index (χ4v) is 3.51. The minimum absolute atomic E-state index is 0.00144. The summed E-state index contributed by atoms with van der Waals surface area (Å²) in [5.41, 5.74) is 0.00144. The first-order chi connectivity index (χ1) is 6.81. The third-order valence-corrected chi connectivity index (χ3v) is 4.48. The molecule has 1 aliphatic rings. The van der Waals surface area contributed by atoms with Gasteiger partial charge in [-0.3, -0.25) is 0 Å². The minimum atomic E-state index is -0.238. The second-order valence-electron chi connectivity index (χ2n) is 5.62. The summed E-state index contributed by atoms with van der Waals surface area (Å²) < 4.78 is 0. The number of rotatable bonds is 3. The van der Waals surface area contributed by atoms with Gasteiger partial charge in [0.05, 0.1) is 6.10 Å². The zero-order valence-corrected chi connectivity index (χ0v) is 11.5. The van der Waals surface area contributed by atoms with Gasteiger partial charge in [-0.15, -0.1) is 0 Å². The number of hydrogen-bond acceptors (Lipinski definition) is 3. The van der Waals surface area contributed by atoms with Crippen molar-refractivity contribution in [3.8, 4) is 0 Å². The lowest BCUT2D eigenvalue weighted by atomic mass is 9.87. The highest BCUT2D eigenvalue weighted by Crippen LogP contribution is 2.28. The molecule has 0 saturated carbocycles. The maximum absolute atomic E-state index is 9.71. The zero-order valence-electron chi connectivity index (χ0n) is 10.7. The van der Waals surface area contributed by atoms with E-state index in [2.05, 4.69) is 44.4 Å². The molecular formula is C12H25NOS. The highest BCUT2D eigenvalue weighted by molar-refractivity contribution is 8.00. The van der Waals surface area contributed by atoms with Crippen LogP contribution in [0.25, 0.3) is 0 Å². The van der Waals surface area contributed by atoms with Crippen molar-refractivity contribution in [2.24, 2.45) is 5.41 Å². The van der Waals surface area contributed by atoms with Crippen LogP contribution in [0.1, 0.15) is 34.6 Å². The fraction of sp³-hybridized carbons (Fsp3) is 1.00. The van der Waals surface area contributed by atoms with Gasteiger partial charge in [0.2, 0.25) is 0 Å². The Labute approximate surface area is 98.4 Å². The Morgan fingerprint density at radius 2 is 1.80 bits per heavy atom. The molecule has 0 radical (unpaired) electrons. The van der Waals surface area contributed by atoms with Crippen LogP contribution in [0.15, 0.2) is 0 Å². The lowest BCUT2D eigenvalue weighted by Gasteiger charge is -2.40. The van der Waals surface area contributed by atoms with E-state index in [-0.39, 0.29) is 11.5 Å². The van der Waals surface area contributed by atoms with E-state index in [9.17, 15) is 5.11 Å². The van der Waals surface area contributed by atoms with Crippen LogP contribution in [0.3, 0.4) is 0 Å². The van der Waals surface area contributed by atoms with Gasteiger partial charge >= 0.3 is 0 Å². The first-order valence-electron chi connectivity index (χ1n) is 5.87. The summed E-state index contributed by atoms with van der Waals surface area (Å²) in [6, 6.07) is 0. The summed E-state index contributed by atoms with van der Waals surface area (Å²) in [5, 5.41) is 11.2. The Morgan fingerprint density at radius 1 is 1.33 bits per heavy atom. The normalized spacial score (nSPS) is 31.6. The Bertz CT molecular complexity index is 196. The predicted molar refractivity (Wildman–Crippen MR) is 68.4 cm³/mol. The maximum atomic E-state index is 9.71. The number of aliphatic hydroxyl groups excluding tert-OH is 1. The minimum Gasteiger partial charge on any atom is -0.393 e. The molecule has 1 fully saturated rings. The van der Waals surface area contributed by atoms with Crippen molar-refractivity contribution in [3.05, 3.63) is 0 Å². The van der Waals surface area contributed by atoms with Gasteiger partial charge in [-0.1, -0.05) is 27.7 Å². The molecular weight excluding hydrogens is 206 g/mol. The summed E-state index contributed by atoms with van der Waals surface area (Å²) in [6.45, 7) is 14.1. The quantitative estimate of drug-likeness (QED) is 0.805. The van der Waals surface area contributed by atoms with E-state index < -0.39 is 0 Å². The molecule has 90 valence electrons. The predicted octanol–water partition coefficient (Wildman–Crippen LogP) is 2.22. The molecule has 0 amide bonds. The SMILES string of the molecule is CC1CN(CC(C)(C)C(C)O)CC(C)S1. The third-order valence-electron chi connectivity index (χ3n) is 3.26. The Hall–Kier alpha value is 0.270. The molecule has 1 saturated heterocycles. The van der Waals surface area contributed by atoms with Gasteiger partial charge in [-0.05, 0) is 6.92 Å². The smallest absolute Gasteiger partial charge is 0.0575 e. The second-order valence-corrected chi connectivity index (χ2v) is 7.50. The molecule has 0 bridgehead atoms. The average Bonchev–Trinajstić information content (AvgIpc) is 1.99. The van der Waals surface area contributed by atoms with Crippen LogP contribution in [0.5, 0.6) is 0 Å². The van der Waals surface area contributed by atoms with Crippen LogP contribution in [0, 0.1) is 5.41 Å². The van der Waals surface area contributed by atoms with E-state index in [0.29, 0.717) is 0 Å². The number of nitrogens with zero attached hydrogens (tertiary/aromatic N) is 1. The van der Waals surface area contributed by atoms with E-state index in [4.69, 9.17) is 0 Å². The number of thioether (sulfide) groups is 1. The monoisotopic (exact) mass is 231 g/mol. The molecule has 1 heterocycles. The van der Waals surface area contributed by atoms with Crippen molar-refractivity contribution in [2.75, 3.05) is 19.6 Å². The molecule has 0 aromatic rings. The van der Waals surface area contributed by atoms with Gasteiger partial charge in [-0.2, -0.15) is 11.8 Å². The van der Waals surface area contributed by atoms with E-state index in [1.807, 2.05) is 6.92 Å². The van der Waals surface area contributed by atoms with Crippen molar-refractivity contribution >= 4 is 11.8 Å². The summed E-state index contributed by atoms with van der Waals surface area (Å²) in [5.74, 6) is 0. The van der Waals surface area contributed by atoms with Crippen LogP contribution in [-0.2, 0) is 0 Å². The summed E-state index contributed by atoms with van der Waals surface area (Å²) in [4.78, 5) is 2.50. The molecule has 0 aromatic heterocycles.